The maximum absolute atomic E-state index is 11.7. The molecule has 9 heteroatoms. The van der Waals surface area contributed by atoms with Crippen molar-refractivity contribution in [1.82, 2.24) is 0 Å². The van der Waals surface area contributed by atoms with Crippen molar-refractivity contribution in [2.75, 3.05) is 0 Å². The number of ketones is 1. The largest absolute Gasteiger partial charge is 0.481 e. The molecule has 0 spiro atoms. The van der Waals surface area contributed by atoms with Gasteiger partial charge in [-0.25, -0.2) is 0 Å². The molecule has 0 saturated heterocycles. The third-order valence-electron chi connectivity index (χ3n) is 13.6. The minimum Gasteiger partial charge on any atom is -0.481 e. The number of aliphatic carboxylic acids is 3. The van der Waals surface area contributed by atoms with Gasteiger partial charge in [-0.3, -0.25) is 19.2 Å². The molecule has 12 aliphatic carbocycles. The lowest BCUT2D eigenvalue weighted by atomic mass is 9.48. The zero-order chi connectivity index (χ0) is 29.8. The van der Waals surface area contributed by atoms with Crippen molar-refractivity contribution in [2.24, 2.45) is 63.6 Å². The third-order valence-corrected chi connectivity index (χ3v) is 13.6. The maximum Gasteiger partial charge on any atom is 0.309 e. The van der Waals surface area contributed by atoms with Crippen molar-refractivity contribution in [3.63, 3.8) is 0 Å². The number of rotatable bonds is 3. The van der Waals surface area contributed by atoms with E-state index >= 15 is 0 Å². The van der Waals surface area contributed by atoms with Gasteiger partial charge in [0.15, 0.2) is 0 Å². The standard InChI is InChI=1S/2C11H16O3.C11H14O3/c12-9(13)10-2-7-1-8(3-10)5-11(14,4-7)6-10;2*12-9-7-1-6-2-8(9)5-11(3-6,4-7)10(13)14/h7-8,14H,1-6H2,(H,12,13);6-9,12H,1-5H2,(H,13,14);6-8H,1-5H2,(H,13,14). The van der Waals surface area contributed by atoms with Crippen molar-refractivity contribution in [2.45, 2.75) is 114 Å². The van der Waals surface area contributed by atoms with E-state index in [1.54, 1.807) is 0 Å². The van der Waals surface area contributed by atoms with Gasteiger partial charge in [0.1, 0.15) is 5.78 Å². The van der Waals surface area contributed by atoms with E-state index in [1.165, 1.54) is 0 Å². The number of carboxylic acid groups (broad SMARTS) is 3. The summed E-state index contributed by atoms with van der Waals surface area (Å²) in [6, 6.07) is 0. The van der Waals surface area contributed by atoms with E-state index in [0.717, 1.165) is 83.5 Å². The normalized spacial score (nSPS) is 53.2. The van der Waals surface area contributed by atoms with Crippen molar-refractivity contribution in [3.8, 4) is 0 Å². The van der Waals surface area contributed by atoms with Crippen LogP contribution in [0.4, 0.5) is 0 Å². The van der Waals surface area contributed by atoms with E-state index in [9.17, 15) is 44.7 Å². The molecule has 6 atom stereocenters. The molecule has 6 unspecified atom stereocenters. The van der Waals surface area contributed by atoms with Gasteiger partial charge in [-0.2, -0.15) is 0 Å². The predicted molar refractivity (Wildman–Crippen MR) is 148 cm³/mol. The van der Waals surface area contributed by atoms with Crippen molar-refractivity contribution >= 4 is 23.7 Å². The highest BCUT2D eigenvalue weighted by atomic mass is 16.4. The molecule has 9 nitrogen and oxygen atoms in total. The summed E-state index contributed by atoms with van der Waals surface area (Å²) in [5.41, 5.74) is -2.19. The fourth-order valence-corrected chi connectivity index (χ4v) is 12.7. The molecule has 42 heavy (non-hydrogen) atoms. The Balaban J connectivity index is 0.000000103. The number of carbonyl (C=O) groups is 4. The van der Waals surface area contributed by atoms with E-state index in [4.69, 9.17) is 0 Å². The van der Waals surface area contributed by atoms with Gasteiger partial charge in [-0.1, -0.05) is 0 Å². The Hall–Kier alpha value is -2.00. The smallest absolute Gasteiger partial charge is 0.309 e. The first-order valence-electron chi connectivity index (χ1n) is 16.4. The molecule has 0 amide bonds. The SMILES string of the molecule is O=C(O)C12CC3CC(C1)C(O)C(C3)C2.O=C(O)C12CC3CC(CC(O)(C3)C1)C2.O=C1C2CC3CC1CC(C(=O)O)(C3)C2. The Kier molecular flexibility index (Phi) is 6.50. The lowest BCUT2D eigenvalue weighted by Crippen LogP contribution is -2.58. The quantitative estimate of drug-likeness (QED) is 0.326. The van der Waals surface area contributed by atoms with Crippen LogP contribution in [-0.2, 0) is 19.2 Å². The molecule has 232 valence electrons. The summed E-state index contributed by atoms with van der Waals surface area (Å²) < 4.78 is 0. The second kappa shape index (κ2) is 9.50. The van der Waals surface area contributed by atoms with Crippen LogP contribution in [0.1, 0.15) is 103 Å². The molecule has 12 saturated carbocycles. The summed E-state index contributed by atoms with van der Waals surface area (Å²) >= 11 is 0. The van der Waals surface area contributed by atoms with E-state index in [1.807, 2.05) is 0 Å². The third kappa shape index (κ3) is 4.46. The van der Waals surface area contributed by atoms with Crippen LogP contribution in [0.15, 0.2) is 0 Å². The first-order chi connectivity index (χ1) is 19.7. The number of aliphatic hydroxyl groups is 2. The van der Waals surface area contributed by atoms with Crippen LogP contribution in [0.2, 0.25) is 0 Å². The zero-order valence-corrected chi connectivity index (χ0v) is 24.4. The topological polar surface area (TPSA) is 169 Å². The molecule has 0 aromatic rings. The summed E-state index contributed by atoms with van der Waals surface area (Å²) in [4.78, 5) is 45.6. The van der Waals surface area contributed by atoms with Crippen LogP contribution in [0.3, 0.4) is 0 Å². The fraction of sp³-hybridized carbons (Fsp3) is 0.879. The van der Waals surface area contributed by atoms with Gasteiger partial charge in [0.2, 0.25) is 0 Å². The van der Waals surface area contributed by atoms with E-state index in [2.05, 4.69) is 0 Å². The Morgan fingerprint density at radius 3 is 1.43 bits per heavy atom. The van der Waals surface area contributed by atoms with E-state index in [-0.39, 0.29) is 29.8 Å². The molecule has 0 aromatic heterocycles. The van der Waals surface area contributed by atoms with Crippen LogP contribution in [0.5, 0.6) is 0 Å². The molecule has 0 aromatic carbocycles. The summed E-state index contributed by atoms with van der Waals surface area (Å²) in [7, 11) is 0. The number of hydrogen-bond donors (Lipinski definition) is 5. The predicted octanol–water partition coefficient (Wildman–Crippen LogP) is 4.13. The van der Waals surface area contributed by atoms with Gasteiger partial charge in [0, 0.05) is 11.8 Å². The summed E-state index contributed by atoms with van der Waals surface area (Å²) in [5.74, 6) is 1.14. The van der Waals surface area contributed by atoms with Crippen LogP contribution >= 0.6 is 0 Å². The van der Waals surface area contributed by atoms with Gasteiger partial charge in [0.25, 0.3) is 0 Å². The molecule has 0 aliphatic heterocycles. The lowest BCUT2D eigenvalue weighted by Gasteiger charge is -2.58. The molecule has 12 bridgehead atoms. The zero-order valence-electron chi connectivity index (χ0n) is 24.4. The van der Waals surface area contributed by atoms with Crippen LogP contribution in [0.25, 0.3) is 0 Å². The monoisotopic (exact) mass is 586 g/mol. The number of hydrogen-bond acceptors (Lipinski definition) is 6. The number of carboxylic acids is 3. The highest BCUT2D eigenvalue weighted by Gasteiger charge is 2.61. The molecular weight excluding hydrogens is 540 g/mol. The average molecular weight is 587 g/mol. The second-order valence-corrected chi connectivity index (χ2v) is 16.6. The number of aliphatic hydroxyl groups excluding tert-OH is 1. The molecule has 12 rings (SSSR count). The highest BCUT2D eigenvalue weighted by Crippen LogP contribution is 2.62. The summed E-state index contributed by atoms with van der Waals surface area (Å²) in [6.07, 6.45) is 13.2. The van der Waals surface area contributed by atoms with Gasteiger partial charge in [-0.05, 0) is 138 Å². The minimum atomic E-state index is -0.676. The first kappa shape index (κ1) is 28.8. The summed E-state index contributed by atoms with van der Waals surface area (Å²) in [6.45, 7) is 0. The molecule has 5 N–H and O–H groups in total. The van der Waals surface area contributed by atoms with Crippen LogP contribution in [-0.4, -0.2) is 60.9 Å². The summed E-state index contributed by atoms with van der Waals surface area (Å²) in [5, 5.41) is 48.0. The number of carbonyl (C=O) groups excluding carboxylic acids is 1. The molecular formula is C33H46O9. The highest BCUT2D eigenvalue weighted by molar-refractivity contribution is 5.89. The second-order valence-electron chi connectivity index (χ2n) is 16.6. The molecule has 12 aliphatic rings. The Bertz CT molecular complexity index is 1140. The lowest BCUT2D eigenvalue weighted by molar-refractivity contribution is -0.191. The Morgan fingerprint density at radius 2 is 0.976 bits per heavy atom. The van der Waals surface area contributed by atoms with Crippen LogP contribution in [0, 0.1) is 63.6 Å². The van der Waals surface area contributed by atoms with Crippen molar-refractivity contribution < 1.29 is 44.7 Å². The van der Waals surface area contributed by atoms with Gasteiger partial charge in [0.05, 0.1) is 27.9 Å². The molecule has 0 radical (unpaired) electrons. The molecule has 12 fully saturated rings. The van der Waals surface area contributed by atoms with Gasteiger partial charge < -0.3 is 25.5 Å². The van der Waals surface area contributed by atoms with Gasteiger partial charge >= 0.3 is 17.9 Å². The van der Waals surface area contributed by atoms with Crippen LogP contribution < -0.4 is 0 Å². The van der Waals surface area contributed by atoms with Crippen molar-refractivity contribution in [1.29, 1.82) is 0 Å². The number of Topliss-reactive ketones (excluding diaryl/α,β-unsaturated/α-hetero) is 1. The van der Waals surface area contributed by atoms with E-state index in [0.29, 0.717) is 48.7 Å². The Labute approximate surface area is 246 Å². The first-order valence-corrected chi connectivity index (χ1v) is 16.4. The maximum atomic E-state index is 11.7. The fourth-order valence-electron chi connectivity index (χ4n) is 12.7. The van der Waals surface area contributed by atoms with Gasteiger partial charge in [-0.15, -0.1) is 0 Å². The Morgan fingerprint density at radius 1 is 0.548 bits per heavy atom. The van der Waals surface area contributed by atoms with E-state index < -0.39 is 39.8 Å². The molecule has 0 heterocycles. The van der Waals surface area contributed by atoms with Crippen molar-refractivity contribution in [3.05, 3.63) is 0 Å². The minimum absolute atomic E-state index is 0.0809. The average Bonchev–Trinajstić information content (AvgIpc) is 2.88.